The van der Waals surface area contributed by atoms with Crippen molar-refractivity contribution in [2.24, 2.45) is 0 Å². The molecule has 0 aliphatic heterocycles. The lowest BCUT2D eigenvalue weighted by Crippen LogP contribution is -2.33. The van der Waals surface area contributed by atoms with Gasteiger partial charge >= 0.3 is 0 Å². The molecule has 1 atom stereocenters. The summed E-state index contributed by atoms with van der Waals surface area (Å²) in [5.74, 6) is 0. The van der Waals surface area contributed by atoms with E-state index in [1.54, 1.807) is 0 Å². The number of hydrogen-bond acceptors (Lipinski definition) is 1. The minimum Gasteiger partial charge on any atom is -0.357 e. The van der Waals surface area contributed by atoms with Gasteiger partial charge in [0.15, 0.2) is 5.34 Å². The van der Waals surface area contributed by atoms with Crippen molar-refractivity contribution in [3.8, 4) is 0 Å². The second kappa shape index (κ2) is 21.9. The van der Waals surface area contributed by atoms with Gasteiger partial charge < -0.3 is 5.11 Å². The fourth-order valence-electron chi connectivity index (χ4n) is 5.33. The molecule has 0 amide bonds. The Morgan fingerprint density at radius 3 is 0.938 bits per heavy atom. The first-order valence-corrected chi connectivity index (χ1v) is 17.4. The zero-order valence-electron chi connectivity index (χ0n) is 23.4. The van der Waals surface area contributed by atoms with Gasteiger partial charge in [0, 0.05) is 13.7 Å². The average Bonchev–Trinajstić information content (AvgIpc) is 2.79. The predicted octanol–water partition coefficient (Wildman–Crippen LogP) is 11.0. The molecule has 0 aromatic rings. The van der Waals surface area contributed by atoms with Gasteiger partial charge in [0.2, 0.25) is 0 Å². The lowest BCUT2D eigenvalue weighted by Gasteiger charge is -2.39. The van der Waals surface area contributed by atoms with E-state index in [0.29, 0.717) is 0 Å². The van der Waals surface area contributed by atoms with Crippen molar-refractivity contribution in [2.45, 2.75) is 175 Å². The molecule has 1 unspecified atom stereocenters. The van der Waals surface area contributed by atoms with Crippen LogP contribution in [-0.2, 0) is 0 Å². The van der Waals surface area contributed by atoms with E-state index < -0.39 is 12.6 Å². The maximum atomic E-state index is 11.7. The van der Waals surface area contributed by atoms with Crippen molar-refractivity contribution >= 4 is 7.26 Å². The lowest BCUT2D eigenvalue weighted by molar-refractivity contribution is 0.141. The first kappa shape index (κ1) is 32.4. The molecule has 0 saturated carbocycles. The summed E-state index contributed by atoms with van der Waals surface area (Å²) in [6, 6.07) is 0. The molecule has 0 aliphatic carbocycles. The Morgan fingerprint density at radius 2 is 0.688 bits per heavy atom. The summed E-state index contributed by atoms with van der Waals surface area (Å²) >= 11 is 0. The molecule has 194 valence electrons. The molecular weight excluding hydrogens is 407 g/mol. The lowest BCUT2D eigenvalue weighted by atomic mass is 10.1. The molecule has 0 radical (unpaired) electrons. The van der Waals surface area contributed by atoms with Crippen molar-refractivity contribution < 1.29 is 5.11 Å². The molecule has 0 saturated heterocycles. The molecule has 0 bridgehead atoms. The summed E-state index contributed by atoms with van der Waals surface area (Å²) < 4.78 is 0. The zero-order valence-corrected chi connectivity index (χ0v) is 24.3. The number of hydrogen-bond donors (Lipinski definition) is 1. The molecule has 1 N–H and O–H groups in total. The largest absolute Gasteiger partial charge is 0.357 e. The summed E-state index contributed by atoms with van der Waals surface area (Å²) in [7, 11) is -1.32. The van der Waals surface area contributed by atoms with E-state index >= 15 is 0 Å². The highest BCUT2D eigenvalue weighted by atomic mass is 31.2. The molecule has 0 rings (SSSR count). The van der Waals surface area contributed by atoms with Crippen LogP contribution in [0.2, 0.25) is 0 Å². The minimum absolute atomic E-state index is 0.402. The average molecular weight is 472 g/mol. The van der Waals surface area contributed by atoms with Crippen LogP contribution in [0.3, 0.4) is 0 Å². The second-order valence-corrected chi connectivity index (χ2v) is 15.5. The van der Waals surface area contributed by atoms with Crippen molar-refractivity contribution in [3.05, 3.63) is 0 Å². The highest BCUT2D eigenvalue weighted by Gasteiger charge is 2.51. The van der Waals surface area contributed by atoms with Crippen molar-refractivity contribution in [2.75, 3.05) is 18.5 Å². The van der Waals surface area contributed by atoms with Crippen LogP contribution >= 0.6 is 7.26 Å². The number of aliphatic hydroxyl groups is 1. The van der Waals surface area contributed by atoms with Crippen LogP contribution in [0.25, 0.3) is 0 Å². The Balaban J connectivity index is 4.80. The number of rotatable bonds is 25. The van der Waals surface area contributed by atoms with Gasteiger partial charge in [-0.3, -0.25) is 0 Å². The summed E-state index contributed by atoms with van der Waals surface area (Å²) in [5.41, 5.74) is 0. The SMILES string of the molecule is CCCCCCCCCC[P+](CCCCCCCC)(CCCCCCCC)C(C)(O)CC. The third kappa shape index (κ3) is 15.3. The van der Waals surface area contributed by atoms with Crippen molar-refractivity contribution in [1.82, 2.24) is 0 Å². The molecule has 0 aromatic heterocycles. The van der Waals surface area contributed by atoms with Gasteiger partial charge in [0.25, 0.3) is 0 Å². The summed E-state index contributed by atoms with van der Waals surface area (Å²) in [6.45, 7) is 11.4. The van der Waals surface area contributed by atoms with E-state index in [-0.39, 0.29) is 0 Å². The maximum Gasteiger partial charge on any atom is 0.170 e. The minimum atomic E-state index is -1.32. The van der Waals surface area contributed by atoms with Gasteiger partial charge in [-0.05, 0) is 45.4 Å². The Kier molecular flexibility index (Phi) is 22.2. The first-order chi connectivity index (χ1) is 15.5. The van der Waals surface area contributed by atoms with Crippen LogP contribution in [-0.4, -0.2) is 28.9 Å². The molecular formula is C30H64OP+. The van der Waals surface area contributed by atoms with Crippen LogP contribution in [0.4, 0.5) is 0 Å². The van der Waals surface area contributed by atoms with Gasteiger partial charge in [-0.15, -0.1) is 0 Å². The molecule has 1 nitrogen and oxygen atoms in total. The summed E-state index contributed by atoms with van der Waals surface area (Å²) in [6.07, 6.45) is 32.7. The van der Waals surface area contributed by atoms with Crippen LogP contribution in [0, 0.1) is 0 Å². The smallest absolute Gasteiger partial charge is 0.170 e. The monoisotopic (exact) mass is 471 g/mol. The Hall–Kier alpha value is 0.390. The van der Waals surface area contributed by atoms with E-state index in [4.69, 9.17) is 0 Å². The fourth-order valence-corrected chi connectivity index (χ4v) is 10.6. The Bertz CT molecular complexity index is 363. The Morgan fingerprint density at radius 1 is 0.438 bits per heavy atom. The van der Waals surface area contributed by atoms with Gasteiger partial charge in [-0.2, -0.15) is 0 Å². The molecule has 2 heteroatoms. The number of unbranched alkanes of at least 4 members (excludes halogenated alkanes) is 17. The zero-order chi connectivity index (χ0) is 24.0. The molecule has 0 aliphatic rings. The van der Waals surface area contributed by atoms with E-state index in [9.17, 15) is 5.11 Å². The third-order valence-corrected chi connectivity index (χ3v) is 13.9. The topological polar surface area (TPSA) is 20.2 Å². The van der Waals surface area contributed by atoms with Crippen molar-refractivity contribution in [3.63, 3.8) is 0 Å². The van der Waals surface area contributed by atoms with Crippen LogP contribution in [0.5, 0.6) is 0 Å². The van der Waals surface area contributed by atoms with Gasteiger partial charge in [-0.25, -0.2) is 0 Å². The van der Waals surface area contributed by atoms with E-state index in [1.165, 1.54) is 147 Å². The maximum absolute atomic E-state index is 11.7. The van der Waals surface area contributed by atoms with Gasteiger partial charge in [0.05, 0.1) is 18.5 Å². The van der Waals surface area contributed by atoms with Crippen LogP contribution < -0.4 is 0 Å². The van der Waals surface area contributed by atoms with Crippen molar-refractivity contribution in [1.29, 1.82) is 0 Å². The molecule has 0 heterocycles. The van der Waals surface area contributed by atoms with E-state index in [0.717, 1.165) is 6.42 Å². The van der Waals surface area contributed by atoms with Crippen LogP contribution in [0.15, 0.2) is 0 Å². The highest BCUT2D eigenvalue weighted by molar-refractivity contribution is 7.77. The first-order valence-electron chi connectivity index (χ1n) is 15.1. The second-order valence-electron chi connectivity index (χ2n) is 10.9. The van der Waals surface area contributed by atoms with E-state index in [1.807, 2.05) is 0 Å². The molecule has 0 fully saturated rings. The normalized spacial score (nSPS) is 14.1. The third-order valence-electron chi connectivity index (χ3n) is 8.01. The predicted molar refractivity (Wildman–Crippen MR) is 152 cm³/mol. The highest BCUT2D eigenvalue weighted by Crippen LogP contribution is 2.70. The van der Waals surface area contributed by atoms with E-state index in [2.05, 4.69) is 34.6 Å². The standard InChI is InChI=1S/C30H64OP/c1-6-10-13-16-19-20-23-26-29-32(30(5,31)9-4,27-24-21-17-14-11-7-2)28-25-22-18-15-12-8-3/h31H,6-29H2,1-5H3/q+1. The fraction of sp³-hybridized carbons (Fsp3) is 1.00. The quantitative estimate of drug-likeness (QED) is 0.104. The summed E-state index contributed by atoms with van der Waals surface area (Å²) in [4.78, 5) is 0. The van der Waals surface area contributed by atoms with Gasteiger partial charge in [-0.1, -0.05) is 118 Å². The summed E-state index contributed by atoms with van der Waals surface area (Å²) in [5, 5.41) is 11.3. The molecule has 0 aromatic carbocycles. The molecule has 0 spiro atoms. The molecule has 32 heavy (non-hydrogen) atoms. The Labute approximate surface area is 205 Å². The van der Waals surface area contributed by atoms with Gasteiger partial charge in [0.1, 0.15) is 0 Å². The van der Waals surface area contributed by atoms with Crippen LogP contribution in [0.1, 0.15) is 169 Å².